The summed E-state index contributed by atoms with van der Waals surface area (Å²) in [4.78, 5) is 0. The van der Waals surface area contributed by atoms with Crippen LogP contribution in [0.3, 0.4) is 0 Å². The molecule has 2 atom stereocenters. The molecule has 0 amide bonds. The Balaban J connectivity index is 2.13. The molecule has 2 rings (SSSR count). The van der Waals surface area contributed by atoms with E-state index < -0.39 is 0 Å². The summed E-state index contributed by atoms with van der Waals surface area (Å²) < 4.78 is 11.7. The van der Waals surface area contributed by atoms with Gasteiger partial charge in [0.1, 0.15) is 0 Å². The average molecular weight is 234 g/mol. The Kier molecular flexibility index (Phi) is 4.57. The van der Waals surface area contributed by atoms with Gasteiger partial charge in [-0.15, -0.1) is 0 Å². The second-order valence-corrected chi connectivity index (χ2v) is 4.55. The molecule has 0 radical (unpaired) electrons. The molecule has 1 aromatic carbocycles. The van der Waals surface area contributed by atoms with Gasteiger partial charge >= 0.3 is 0 Å². The minimum absolute atomic E-state index is 0.0586. The topological polar surface area (TPSA) is 18.5 Å². The van der Waals surface area contributed by atoms with E-state index in [9.17, 15) is 0 Å². The number of unbranched alkanes of at least 4 members (excludes halogenated alkanes) is 1. The van der Waals surface area contributed by atoms with Crippen LogP contribution in [0.2, 0.25) is 0 Å². The SMILES string of the molecule is CCCC[C@H]1OC(OCC)Cc2ccccc21. The van der Waals surface area contributed by atoms with E-state index in [0.717, 1.165) is 12.8 Å². The van der Waals surface area contributed by atoms with Gasteiger partial charge in [0, 0.05) is 13.0 Å². The number of benzene rings is 1. The molecule has 2 heteroatoms. The smallest absolute Gasteiger partial charge is 0.162 e. The van der Waals surface area contributed by atoms with Crippen molar-refractivity contribution in [2.75, 3.05) is 6.61 Å². The molecule has 0 aliphatic carbocycles. The van der Waals surface area contributed by atoms with Gasteiger partial charge < -0.3 is 9.47 Å². The van der Waals surface area contributed by atoms with Crippen LogP contribution in [-0.4, -0.2) is 12.9 Å². The van der Waals surface area contributed by atoms with Gasteiger partial charge in [-0.2, -0.15) is 0 Å². The molecular weight excluding hydrogens is 212 g/mol. The largest absolute Gasteiger partial charge is 0.353 e. The Morgan fingerprint density at radius 1 is 1.29 bits per heavy atom. The highest BCUT2D eigenvalue weighted by Gasteiger charge is 2.26. The van der Waals surface area contributed by atoms with E-state index in [1.165, 1.54) is 24.0 Å². The van der Waals surface area contributed by atoms with Crippen molar-refractivity contribution in [3.05, 3.63) is 35.4 Å². The summed E-state index contributed by atoms with van der Waals surface area (Å²) in [6, 6.07) is 8.59. The molecule has 0 aromatic heterocycles. The van der Waals surface area contributed by atoms with E-state index in [1.807, 2.05) is 6.92 Å². The molecule has 17 heavy (non-hydrogen) atoms. The van der Waals surface area contributed by atoms with E-state index in [2.05, 4.69) is 31.2 Å². The number of rotatable bonds is 5. The highest BCUT2D eigenvalue weighted by molar-refractivity contribution is 5.31. The molecule has 94 valence electrons. The van der Waals surface area contributed by atoms with Crippen LogP contribution in [0.4, 0.5) is 0 Å². The highest BCUT2D eigenvalue weighted by Crippen LogP contribution is 2.33. The molecule has 0 fully saturated rings. The monoisotopic (exact) mass is 234 g/mol. The number of hydrogen-bond acceptors (Lipinski definition) is 2. The van der Waals surface area contributed by atoms with Crippen molar-refractivity contribution in [1.82, 2.24) is 0 Å². The Morgan fingerprint density at radius 3 is 2.88 bits per heavy atom. The van der Waals surface area contributed by atoms with Crippen molar-refractivity contribution in [2.24, 2.45) is 0 Å². The predicted octanol–water partition coefficient (Wildman–Crippen LogP) is 3.85. The second kappa shape index (κ2) is 6.18. The molecule has 2 nitrogen and oxygen atoms in total. The van der Waals surface area contributed by atoms with E-state index >= 15 is 0 Å². The zero-order valence-electron chi connectivity index (χ0n) is 10.8. The van der Waals surface area contributed by atoms with Crippen molar-refractivity contribution in [2.45, 2.75) is 51.9 Å². The van der Waals surface area contributed by atoms with E-state index in [1.54, 1.807) is 0 Å². The van der Waals surface area contributed by atoms with Crippen molar-refractivity contribution in [1.29, 1.82) is 0 Å². The lowest BCUT2D eigenvalue weighted by molar-refractivity contribution is -0.178. The quantitative estimate of drug-likeness (QED) is 0.770. The molecule has 1 aromatic rings. The lowest BCUT2D eigenvalue weighted by Gasteiger charge is -2.32. The van der Waals surface area contributed by atoms with Gasteiger partial charge in [-0.25, -0.2) is 0 Å². The van der Waals surface area contributed by atoms with E-state index in [-0.39, 0.29) is 12.4 Å². The maximum atomic E-state index is 6.03. The fraction of sp³-hybridized carbons (Fsp3) is 0.600. The summed E-state index contributed by atoms with van der Waals surface area (Å²) >= 11 is 0. The molecule has 1 unspecified atom stereocenters. The van der Waals surface area contributed by atoms with Crippen molar-refractivity contribution >= 4 is 0 Å². The number of hydrogen-bond donors (Lipinski definition) is 0. The van der Waals surface area contributed by atoms with Crippen LogP contribution in [0.1, 0.15) is 50.3 Å². The minimum atomic E-state index is -0.0586. The normalized spacial score (nSPS) is 23.4. The number of fused-ring (bicyclic) bond motifs is 1. The third-order valence-electron chi connectivity index (χ3n) is 3.28. The Bertz CT molecular complexity index is 349. The highest BCUT2D eigenvalue weighted by atomic mass is 16.7. The Morgan fingerprint density at radius 2 is 2.12 bits per heavy atom. The van der Waals surface area contributed by atoms with Crippen LogP contribution in [-0.2, 0) is 15.9 Å². The third kappa shape index (κ3) is 3.08. The van der Waals surface area contributed by atoms with Gasteiger partial charge in [0.05, 0.1) is 6.10 Å². The van der Waals surface area contributed by atoms with Crippen LogP contribution in [0.5, 0.6) is 0 Å². The van der Waals surface area contributed by atoms with E-state index in [0.29, 0.717) is 6.61 Å². The van der Waals surface area contributed by atoms with Gasteiger partial charge in [-0.1, -0.05) is 44.0 Å². The molecule has 1 heterocycles. The van der Waals surface area contributed by atoms with Crippen LogP contribution in [0.15, 0.2) is 24.3 Å². The zero-order chi connectivity index (χ0) is 12.1. The Hall–Kier alpha value is -0.860. The summed E-state index contributed by atoms with van der Waals surface area (Å²) in [5, 5.41) is 0. The van der Waals surface area contributed by atoms with Crippen LogP contribution in [0.25, 0.3) is 0 Å². The summed E-state index contributed by atoms with van der Waals surface area (Å²) in [5.41, 5.74) is 2.75. The summed E-state index contributed by atoms with van der Waals surface area (Å²) in [6.45, 7) is 4.95. The van der Waals surface area contributed by atoms with Crippen molar-refractivity contribution in [3.8, 4) is 0 Å². The molecule has 1 aliphatic heterocycles. The summed E-state index contributed by atoms with van der Waals surface area (Å²) in [7, 11) is 0. The molecule has 0 spiro atoms. The summed E-state index contributed by atoms with van der Waals surface area (Å²) in [5.74, 6) is 0. The second-order valence-electron chi connectivity index (χ2n) is 4.55. The average Bonchev–Trinajstić information content (AvgIpc) is 2.36. The lowest BCUT2D eigenvalue weighted by atomic mass is 9.94. The van der Waals surface area contributed by atoms with Gasteiger partial charge in [-0.3, -0.25) is 0 Å². The fourth-order valence-corrected chi connectivity index (χ4v) is 2.42. The van der Waals surface area contributed by atoms with Gasteiger partial charge in [0.2, 0.25) is 0 Å². The first kappa shape index (κ1) is 12.6. The van der Waals surface area contributed by atoms with Crippen molar-refractivity contribution in [3.63, 3.8) is 0 Å². The minimum Gasteiger partial charge on any atom is -0.353 e. The number of ether oxygens (including phenoxy) is 2. The predicted molar refractivity (Wildman–Crippen MR) is 68.9 cm³/mol. The molecule has 0 bridgehead atoms. The summed E-state index contributed by atoms with van der Waals surface area (Å²) in [6.07, 6.45) is 4.55. The van der Waals surface area contributed by atoms with Crippen LogP contribution < -0.4 is 0 Å². The lowest BCUT2D eigenvalue weighted by Crippen LogP contribution is -2.28. The van der Waals surface area contributed by atoms with E-state index in [4.69, 9.17) is 9.47 Å². The maximum Gasteiger partial charge on any atom is 0.162 e. The maximum absolute atomic E-state index is 6.03. The molecule has 1 aliphatic rings. The van der Waals surface area contributed by atoms with Crippen LogP contribution >= 0.6 is 0 Å². The van der Waals surface area contributed by atoms with Gasteiger partial charge in [0.25, 0.3) is 0 Å². The first-order valence-electron chi connectivity index (χ1n) is 6.70. The molecule has 0 saturated carbocycles. The third-order valence-corrected chi connectivity index (χ3v) is 3.28. The standard InChI is InChI=1S/C15H22O2/c1-3-5-10-14-13-9-7-6-8-12(13)11-15(17-14)16-4-2/h6-9,14-15H,3-5,10-11H2,1-2H3/t14-,15?/m1/s1. The van der Waals surface area contributed by atoms with Crippen molar-refractivity contribution < 1.29 is 9.47 Å². The fourth-order valence-electron chi connectivity index (χ4n) is 2.42. The first-order valence-corrected chi connectivity index (χ1v) is 6.70. The molecule has 0 N–H and O–H groups in total. The Labute approximate surface area is 104 Å². The first-order chi connectivity index (χ1) is 8.35. The molecule has 0 saturated heterocycles. The van der Waals surface area contributed by atoms with Crippen LogP contribution in [0, 0.1) is 0 Å². The zero-order valence-corrected chi connectivity index (χ0v) is 10.8. The van der Waals surface area contributed by atoms with Gasteiger partial charge in [0.15, 0.2) is 6.29 Å². The van der Waals surface area contributed by atoms with Gasteiger partial charge in [-0.05, 0) is 24.5 Å². The molecular formula is C15H22O2.